The molecular formula is C18H17N3O. The summed E-state index contributed by atoms with van der Waals surface area (Å²) in [5.41, 5.74) is 4.28. The third-order valence-electron chi connectivity index (χ3n) is 3.97. The molecule has 0 amide bonds. The second kappa shape index (κ2) is 5.64. The van der Waals surface area contributed by atoms with Gasteiger partial charge in [0, 0.05) is 5.56 Å². The van der Waals surface area contributed by atoms with E-state index in [1.165, 1.54) is 24.0 Å². The third kappa shape index (κ3) is 2.86. The molecule has 4 heteroatoms. The Morgan fingerprint density at radius 3 is 2.14 bits per heavy atom. The van der Waals surface area contributed by atoms with E-state index in [0.717, 1.165) is 29.5 Å². The Labute approximate surface area is 129 Å². The highest BCUT2D eigenvalue weighted by molar-refractivity contribution is 5.68. The van der Waals surface area contributed by atoms with E-state index in [9.17, 15) is 0 Å². The van der Waals surface area contributed by atoms with Crippen LogP contribution in [-0.2, 0) is 0 Å². The molecule has 110 valence electrons. The van der Waals surface area contributed by atoms with E-state index in [-0.39, 0.29) is 0 Å². The number of nitrogens with one attached hydrogen (secondary N) is 1. The van der Waals surface area contributed by atoms with Gasteiger partial charge in [0.1, 0.15) is 11.4 Å². The lowest BCUT2D eigenvalue weighted by Crippen LogP contribution is -1.98. The van der Waals surface area contributed by atoms with E-state index in [1.54, 1.807) is 6.20 Å². The molecule has 1 fully saturated rings. The zero-order valence-electron chi connectivity index (χ0n) is 12.2. The monoisotopic (exact) mass is 291 g/mol. The van der Waals surface area contributed by atoms with E-state index in [4.69, 9.17) is 4.74 Å². The maximum Gasteiger partial charge on any atom is 0.119 e. The highest BCUT2D eigenvalue weighted by atomic mass is 16.5. The quantitative estimate of drug-likeness (QED) is 0.775. The summed E-state index contributed by atoms with van der Waals surface area (Å²) in [6, 6.07) is 16.6. The normalized spacial score (nSPS) is 14.0. The molecule has 1 aromatic heterocycles. The number of hydrogen-bond donors (Lipinski definition) is 1. The molecule has 1 aliphatic rings. The largest absolute Gasteiger partial charge is 0.493 e. The Morgan fingerprint density at radius 2 is 1.55 bits per heavy atom. The van der Waals surface area contributed by atoms with E-state index in [0.29, 0.717) is 0 Å². The maximum atomic E-state index is 5.77. The molecule has 1 aliphatic carbocycles. The first-order valence-electron chi connectivity index (χ1n) is 7.58. The summed E-state index contributed by atoms with van der Waals surface area (Å²) in [5.74, 6) is 1.73. The number of hydrogen-bond acceptors (Lipinski definition) is 3. The van der Waals surface area contributed by atoms with Gasteiger partial charge in [-0.15, -0.1) is 0 Å². The van der Waals surface area contributed by atoms with Gasteiger partial charge in [0.15, 0.2) is 0 Å². The first kappa shape index (κ1) is 13.1. The minimum absolute atomic E-state index is 0.781. The number of H-pyrrole nitrogens is 1. The minimum atomic E-state index is 0.781. The van der Waals surface area contributed by atoms with Crippen molar-refractivity contribution in [1.29, 1.82) is 0 Å². The Kier molecular flexibility index (Phi) is 3.35. The Hall–Kier alpha value is -2.62. The van der Waals surface area contributed by atoms with Crippen LogP contribution in [0, 0.1) is 5.92 Å². The predicted octanol–water partition coefficient (Wildman–Crippen LogP) is 3.93. The summed E-state index contributed by atoms with van der Waals surface area (Å²) >= 11 is 0. The van der Waals surface area contributed by atoms with Crippen molar-refractivity contribution in [3.05, 3.63) is 54.7 Å². The van der Waals surface area contributed by atoms with E-state index >= 15 is 0 Å². The maximum absolute atomic E-state index is 5.77. The standard InChI is InChI=1S/C18H17N3O/c1-2-13(1)12-22-17-9-7-15(8-10-17)14-3-5-16(6-4-14)18-11-19-21-20-18/h3-11,13H,1-2,12H2,(H,19,20,21). The number of ether oxygens (including phenoxy) is 1. The van der Waals surface area contributed by atoms with Crippen molar-refractivity contribution in [3.8, 4) is 28.1 Å². The van der Waals surface area contributed by atoms with Crippen LogP contribution in [0.1, 0.15) is 12.8 Å². The summed E-state index contributed by atoms with van der Waals surface area (Å²) < 4.78 is 5.77. The van der Waals surface area contributed by atoms with Crippen LogP contribution in [0.15, 0.2) is 54.7 Å². The zero-order valence-corrected chi connectivity index (χ0v) is 12.2. The van der Waals surface area contributed by atoms with Crippen molar-refractivity contribution in [2.24, 2.45) is 5.92 Å². The molecule has 0 unspecified atom stereocenters. The van der Waals surface area contributed by atoms with Crippen LogP contribution < -0.4 is 4.74 Å². The minimum Gasteiger partial charge on any atom is -0.493 e. The summed E-state index contributed by atoms with van der Waals surface area (Å²) in [6.07, 6.45) is 4.35. The van der Waals surface area contributed by atoms with Gasteiger partial charge in [0.2, 0.25) is 0 Å². The number of benzene rings is 2. The number of aromatic nitrogens is 3. The Balaban J connectivity index is 1.48. The lowest BCUT2D eigenvalue weighted by molar-refractivity contribution is 0.300. The Bertz CT molecular complexity index is 729. The van der Waals surface area contributed by atoms with E-state index in [2.05, 4.69) is 51.8 Å². The molecule has 0 atom stereocenters. The van der Waals surface area contributed by atoms with Gasteiger partial charge in [0.05, 0.1) is 12.8 Å². The molecule has 4 nitrogen and oxygen atoms in total. The van der Waals surface area contributed by atoms with Crippen molar-refractivity contribution in [1.82, 2.24) is 15.4 Å². The lowest BCUT2D eigenvalue weighted by Gasteiger charge is -2.07. The topological polar surface area (TPSA) is 50.8 Å². The van der Waals surface area contributed by atoms with Gasteiger partial charge in [-0.25, -0.2) is 0 Å². The highest BCUT2D eigenvalue weighted by Gasteiger charge is 2.21. The van der Waals surface area contributed by atoms with Crippen molar-refractivity contribution in [2.45, 2.75) is 12.8 Å². The van der Waals surface area contributed by atoms with Crippen molar-refractivity contribution in [3.63, 3.8) is 0 Å². The fourth-order valence-electron chi connectivity index (χ4n) is 2.42. The smallest absolute Gasteiger partial charge is 0.119 e. The van der Waals surface area contributed by atoms with E-state index < -0.39 is 0 Å². The van der Waals surface area contributed by atoms with Crippen LogP contribution >= 0.6 is 0 Å². The molecule has 1 N–H and O–H groups in total. The fourth-order valence-corrected chi connectivity index (χ4v) is 2.42. The summed E-state index contributed by atoms with van der Waals surface area (Å²) in [4.78, 5) is 0. The van der Waals surface area contributed by atoms with Crippen molar-refractivity contribution in [2.75, 3.05) is 6.61 Å². The van der Waals surface area contributed by atoms with Gasteiger partial charge >= 0.3 is 0 Å². The van der Waals surface area contributed by atoms with Gasteiger partial charge in [-0.3, -0.25) is 0 Å². The summed E-state index contributed by atoms with van der Waals surface area (Å²) in [7, 11) is 0. The highest BCUT2D eigenvalue weighted by Crippen LogP contribution is 2.30. The van der Waals surface area contributed by atoms with Gasteiger partial charge < -0.3 is 4.74 Å². The van der Waals surface area contributed by atoms with Gasteiger partial charge in [-0.1, -0.05) is 36.4 Å². The van der Waals surface area contributed by atoms with E-state index in [1.807, 2.05) is 12.1 Å². The molecule has 2 aromatic carbocycles. The first-order chi connectivity index (χ1) is 10.9. The number of nitrogens with zero attached hydrogens (tertiary/aromatic N) is 2. The van der Waals surface area contributed by atoms with Crippen LogP contribution in [-0.4, -0.2) is 22.0 Å². The molecular weight excluding hydrogens is 274 g/mol. The molecule has 0 bridgehead atoms. The molecule has 0 radical (unpaired) electrons. The average Bonchev–Trinajstić information content (AvgIpc) is 3.25. The second-order valence-electron chi connectivity index (χ2n) is 5.71. The lowest BCUT2D eigenvalue weighted by atomic mass is 10.0. The third-order valence-corrected chi connectivity index (χ3v) is 3.97. The Morgan fingerprint density at radius 1 is 0.909 bits per heavy atom. The predicted molar refractivity (Wildman–Crippen MR) is 85.5 cm³/mol. The van der Waals surface area contributed by atoms with Crippen LogP contribution in [0.4, 0.5) is 0 Å². The van der Waals surface area contributed by atoms with Gasteiger partial charge in [-0.2, -0.15) is 15.4 Å². The van der Waals surface area contributed by atoms with Crippen LogP contribution in [0.3, 0.4) is 0 Å². The molecule has 0 aliphatic heterocycles. The summed E-state index contributed by atoms with van der Waals surface area (Å²) in [6.45, 7) is 0.853. The number of aromatic amines is 1. The summed E-state index contributed by atoms with van der Waals surface area (Å²) in [5, 5.41) is 10.6. The molecule has 0 spiro atoms. The number of rotatable bonds is 5. The molecule has 1 heterocycles. The van der Waals surface area contributed by atoms with Gasteiger partial charge in [-0.05, 0) is 42.0 Å². The SMILES string of the molecule is c1cc(-c2ccc(-c3cn[nH]n3)cc2)ccc1OCC1CC1. The van der Waals surface area contributed by atoms with Crippen molar-refractivity contribution >= 4 is 0 Å². The average molecular weight is 291 g/mol. The molecule has 4 rings (SSSR count). The fraction of sp³-hybridized carbons (Fsp3) is 0.222. The molecule has 3 aromatic rings. The van der Waals surface area contributed by atoms with Crippen LogP contribution in [0.2, 0.25) is 0 Å². The molecule has 0 saturated heterocycles. The molecule has 22 heavy (non-hydrogen) atoms. The van der Waals surface area contributed by atoms with Crippen LogP contribution in [0.5, 0.6) is 5.75 Å². The zero-order chi connectivity index (χ0) is 14.8. The van der Waals surface area contributed by atoms with Crippen LogP contribution in [0.25, 0.3) is 22.4 Å². The second-order valence-corrected chi connectivity index (χ2v) is 5.71. The van der Waals surface area contributed by atoms with Crippen molar-refractivity contribution < 1.29 is 4.74 Å². The first-order valence-corrected chi connectivity index (χ1v) is 7.58. The molecule has 1 saturated carbocycles. The van der Waals surface area contributed by atoms with Gasteiger partial charge in [0.25, 0.3) is 0 Å².